The fourth-order valence-electron chi connectivity index (χ4n) is 1.60. The number of aromatic nitrogens is 2. The molecule has 6 heteroatoms. The number of hydrogen-bond acceptors (Lipinski definition) is 3. The van der Waals surface area contributed by atoms with Crippen LogP contribution in [0.25, 0.3) is 0 Å². The summed E-state index contributed by atoms with van der Waals surface area (Å²) in [4.78, 5) is 22.5. The van der Waals surface area contributed by atoms with Crippen LogP contribution in [0.4, 0.5) is 0 Å². The quantitative estimate of drug-likeness (QED) is 0.782. The van der Waals surface area contributed by atoms with Crippen molar-refractivity contribution in [3.8, 4) is 11.8 Å². The van der Waals surface area contributed by atoms with Crippen molar-refractivity contribution >= 4 is 11.8 Å². The molecule has 2 amide bonds. The highest BCUT2D eigenvalue weighted by atomic mass is 16.2. The molecular formula is C15H14N4O2. The van der Waals surface area contributed by atoms with Gasteiger partial charge in [0.1, 0.15) is 6.54 Å². The maximum absolute atomic E-state index is 11.6. The van der Waals surface area contributed by atoms with Gasteiger partial charge >= 0.3 is 0 Å². The third kappa shape index (κ3) is 4.51. The predicted octanol–water partition coefficient (Wildman–Crippen LogP) is 0.150. The second kappa shape index (κ2) is 6.91. The molecule has 0 fully saturated rings. The van der Waals surface area contributed by atoms with E-state index in [2.05, 4.69) is 22.3 Å². The van der Waals surface area contributed by atoms with E-state index in [1.54, 1.807) is 42.7 Å². The van der Waals surface area contributed by atoms with E-state index in [9.17, 15) is 9.59 Å². The molecule has 0 aliphatic heterocycles. The number of primary amides is 1. The summed E-state index contributed by atoms with van der Waals surface area (Å²) in [7, 11) is 0. The second-order valence-electron chi connectivity index (χ2n) is 4.22. The molecule has 3 N–H and O–H groups in total. The van der Waals surface area contributed by atoms with E-state index in [-0.39, 0.29) is 19.0 Å². The molecule has 0 atom stereocenters. The number of hydrogen-bond donors (Lipinski definition) is 2. The van der Waals surface area contributed by atoms with Gasteiger partial charge in [-0.3, -0.25) is 14.3 Å². The molecule has 0 radical (unpaired) electrons. The van der Waals surface area contributed by atoms with Crippen LogP contribution in [-0.4, -0.2) is 28.1 Å². The Morgan fingerprint density at radius 3 is 2.67 bits per heavy atom. The average Bonchev–Trinajstić information content (AvgIpc) is 2.97. The van der Waals surface area contributed by atoms with Crippen molar-refractivity contribution in [1.82, 2.24) is 15.1 Å². The van der Waals surface area contributed by atoms with Crippen molar-refractivity contribution in [3.05, 3.63) is 53.9 Å². The van der Waals surface area contributed by atoms with Crippen molar-refractivity contribution < 1.29 is 9.59 Å². The summed E-state index contributed by atoms with van der Waals surface area (Å²) in [5, 5.41) is 6.61. The van der Waals surface area contributed by atoms with Crippen LogP contribution in [0.5, 0.6) is 0 Å². The zero-order valence-corrected chi connectivity index (χ0v) is 11.2. The van der Waals surface area contributed by atoms with Crippen LogP contribution in [0.3, 0.4) is 0 Å². The number of benzene rings is 1. The molecule has 2 rings (SSSR count). The third-order valence-electron chi connectivity index (χ3n) is 2.64. The zero-order chi connectivity index (χ0) is 15.1. The molecule has 0 spiro atoms. The summed E-state index contributed by atoms with van der Waals surface area (Å²) < 4.78 is 1.53. The Morgan fingerprint density at radius 1 is 1.29 bits per heavy atom. The van der Waals surface area contributed by atoms with Gasteiger partial charge in [-0.05, 0) is 30.3 Å². The van der Waals surface area contributed by atoms with Gasteiger partial charge in [-0.15, -0.1) is 0 Å². The van der Waals surface area contributed by atoms with E-state index in [1.165, 1.54) is 4.68 Å². The second-order valence-corrected chi connectivity index (χ2v) is 4.22. The van der Waals surface area contributed by atoms with Crippen LogP contribution in [-0.2, 0) is 11.3 Å². The van der Waals surface area contributed by atoms with Gasteiger partial charge < -0.3 is 11.1 Å². The van der Waals surface area contributed by atoms with Gasteiger partial charge in [0.15, 0.2) is 0 Å². The van der Waals surface area contributed by atoms with E-state index in [0.29, 0.717) is 5.56 Å². The highest BCUT2D eigenvalue weighted by molar-refractivity contribution is 5.92. The number of nitrogens with two attached hydrogens (primary N) is 1. The molecule has 6 nitrogen and oxygen atoms in total. The predicted molar refractivity (Wildman–Crippen MR) is 77.1 cm³/mol. The summed E-state index contributed by atoms with van der Waals surface area (Å²) in [5.74, 6) is 5.09. The number of amides is 2. The Labute approximate surface area is 121 Å². The molecule has 0 bridgehead atoms. The summed E-state index contributed by atoms with van der Waals surface area (Å²) in [6.45, 7) is 0.416. The standard InChI is InChI=1S/C15H14N4O2/c16-15(21)13-6-4-12(5-7-13)3-1-8-17-14(20)11-19-10-2-9-18-19/h2,4-7,9-10H,8,11H2,(H2,16,21)(H,17,20). The first-order valence-corrected chi connectivity index (χ1v) is 6.28. The molecule has 2 aromatic rings. The molecule has 0 saturated heterocycles. The summed E-state index contributed by atoms with van der Waals surface area (Å²) in [6, 6.07) is 8.39. The molecule has 0 aliphatic carbocycles. The zero-order valence-electron chi connectivity index (χ0n) is 11.2. The number of carbonyl (C=O) groups excluding carboxylic acids is 2. The normalized spacial score (nSPS) is 9.52. The topological polar surface area (TPSA) is 90.0 Å². The summed E-state index contributed by atoms with van der Waals surface area (Å²) >= 11 is 0. The Balaban J connectivity index is 1.80. The average molecular weight is 282 g/mol. The van der Waals surface area contributed by atoms with Crippen LogP contribution in [0.2, 0.25) is 0 Å². The molecule has 1 aromatic carbocycles. The Morgan fingerprint density at radius 2 is 2.05 bits per heavy atom. The Hall–Kier alpha value is -3.07. The highest BCUT2D eigenvalue weighted by Crippen LogP contribution is 2.01. The summed E-state index contributed by atoms with van der Waals surface area (Å²) in [6.07, 6.45) is 3.33. The van der Waals surface area contributed by atoms with Crippen LogP contribution >= 0.6 is 0 Å². The molecular weight excluding hydrogens is 268 g/mol. The first-order chi connectivity index (χ1) is 10.1. The van der Waals surface area contributed by atoms with E-state index in [0.717, 1.165) is 5.56 Å². The van der Waals surface area contributed by atoms with Gasteiger partial charge in [0, 0.05) is 23.5 Å². The molecule has 0 saturated carbocycles. The maximum atomic E-state index is 11.6. The third-order valence-corrected chi connectivity index (χ3v) is 2.64. The van der Waals surface area contributed by atoms with Crippen molar-refractivity contribution in [2.45, 2.75) is 6.54 Å². The maximum Gasteiger partial charge on any atom is 0.248 e. The number of rotatable bonds is 4. The van der Waals surface area contributed by atoms with Crippen molar-refractivity contribution in [3.63, 3.8) is 0 Å². The minimum Gasteiger partial charge on any atom is -0.366 e. The van der Waals surface area contributed by atoms with Gasteiger partial charge in [0.05, 0.1) is 6.54 Å². The highest BCUT2D eigenvalue weighted by Gasteiger charge is 2.00. The number of nitrogens with zero attached hydrogens (tertiary/aromatic N) is 2. The lowest BCUT2D eigenvalue weighted by Gasteiger charge is -2.01. The number of carbonyl (C=O) groups is 2. The minimum atomic E-state index is -0.472. The Bertz CT molecular complexity index is 679. The fourth-order valence-corrected chi connectivity index (χ4v) is 1.60. The molecule has 21 heavy (non-hydrogen) atoms. The van der Waals surface area contributed by atoms with Gasteiger partial charge in [-0.1, -0.05) is 11.8 Å². The van der Waals surface area contributed by atoms with Gasteiger partial charge in [-0.2, -0.15) is 5.10 Å². The fraction of sp³-hybridized carbons (Fsp3) is 0.133. The number of nitrogens with one attached hydrogen (secondary N) is 1. The smallest absolute Gasteiger partial charge is 0.248 e. The van der Waals surface area contributed by atoms with Crippen LogP contribution in [0.1, 0.15) is 15.9 Å². The van der Waals surface area contributed by atoms with Gasteiger partial charge in [0.2, 0.25) is 11.8 Å². The molecule has 1 aromatic heterocycles. The first kappa shape index (κ1) is 14.3. The Kier molecular flexibility index (Phi) is 4.72. The largest absolute Gasteiger partial charge is 0.366 e. The van der Waals surface area contributed by atoms with Crippen LogP contribution in [0.15, 0.2) is 42.7 Å². The molecule has 106 valence electrons. The molecule has 0 unspecified atom stereocenters. The van der Waals surface area contributed by atoms with Crippen LogP contribution in [0, 0.1) is 11.8 Å². The van der Waals surface area contributed by atoms with E-state index in [1.807, 2.05) is 0 Å². The lowest BCUT2D eigenvalue weighted by atomic mass is 10.1. The van der Waals surface area contributed by atoms with Crippen molar-refractivity contribution in [1.29, 1.82) is 0 Å². The van der Waals surface area contributed by atoms with E-state index in [4.69, 9.17) is 5.73 Å². The lowest BCUT2D eigenvalue weighted by molar-refractivity contribution is -0.121. The van der Waals surface area contributed by atoms with E-state index < -0.39 is 5.91 Å². The molecule has 1 heterocycles. The van der Waals surface area contributed by atoms with Crippen molar-refractivity contribution in [2.24, 2.45) is 5.73 Å². The first-order valence-electron chi connectivity index (χ1n) is 6.28. The monoisotopic (exact) mass is 282 g/mol. The van der Waals surface area contributed by atoms with Crippen LogP contribution < -0.4 is 11.1 Å². The van der Waals surface area contributed by atoms with Crippen molar-refractivity contribution in [2.75, 3.05) is 6.54 Å². The SMILES string of the molecule is NC(=O)c1ccc(C#CCNC(=O)Cn2cccn2)cc1. The van der Waals surface area contributed by atoms with Gasteiger partial charge in [0.25, 0.3) is 0 Å². The lowest BCUT2D eigenvalue weighted by Crippen LogP contribution is -2.27. The summed E-state index contributed by atoms with van der Waals surface area (Å²) in [5.41, 5.74) is 6.33. The van der Waals surface area contributed by atoms with E-state index >= 15 is 0 Å². The molecule has 0 aliphatic rings. The van der Waals surface area contributed by atoms with Gasteiger partial charge in [-0.25, -0.2) is 0 Å². The minimum absolute atomic E-state index is 0.155.